The summed E-state index contributed by atoms with van der Waals surface area (Å²) >= 11 is 0. The van der Waals surface area contributed by atoms with Crippen LogP contribution in [0.25, 0.3) is 28.1 Å². The van der Waals surface area contributed by atoms with Crippen LogP contribution in [0.3, 0.4) is 0 Å². The van der Waals surface area contributed by atoms with Gasteiger partial charge in [-0.25, -0.2) is 9.37 Å². The van der Waals surface area contributed by atoms with Crippen molar-refractivity contribution in [2.24, 2.45) is 0 Å². The van der Waals surface area contributed by atoms with Gasteiger partial charge in [0.15, 0.2) is 0 Å². The lowest BCUT2D eigenvalue weighted by atomic mass is 10.1. The second kappa shape index (κ2) is 8.75. The number of aliphatic hydroxyl groups is 1. The number of fused-ring (bicyclic) bond motifs is 3. The zero-order valence-corrected chi connectivity index (χ0v) is 20.4. The van der Waals surface area contributed by atoms with Crippen LogP contribution in [-0.4, -0.2) is 65.4 Å². The van der Waals surface area contributed by atoms with Crippen molar-refractivity contribution < 1.29 is 18.8 Å². The molecule has 2 fully saturated rings. The molecule has 11 heteroatoms. The fraction of sp³-hybridized carbons (Fsp3) is 0.520. The Balaban J connectivity index is 1.41. The molecule has 4 aromatic rings. The SMILES string of the molecule is CC1(C)CCC(c2nc(-c3ncn4c3c(=O)n(CCN3CCC(O)CC3)c3cc(F)ccc34)no2)O1. The van der Waals surface area contributed by atoms with E-state index in [1.54, 1.807) is 15.0 Å². The van der Waals surface area contributed by atoms with Crippen LogP contribution in [-0.2, 0) is 11.3 Å². The highest BCUT2D eigenvalue weighted by Crippen LogP contribution is 2.38. The number of likely N-dealkylation sites (tertiary alicyclic amines) is 1. The molecule has 1 aromatic carbocycles. The van der Waals surface area contributed by atoms with Crippen LogP contribution in [0.4, 0.5) is 4.39 Å². The van der Waals surface area contributed by atoms with Gasteiger partial charge in [-0.3, -0.25) is 9.20 Å². The van der Waals surface area contributed by atoms with Crippen LogP contribution in [0.1, 0.15) is 51.5 Å². The highest BCUT2D eigenvalue weighted by molar-refractivity contribution is 5.83. The summed E-state index contributed by atoms with van der Waals surface area (Å²) in [6, 6.07) is 4.39. The van der Waals surface area contributed by atoms with Gasteiger partial charge in [-0.05, 0) is 57.7 Å². The first-order chi connectivity index (χ1) is 17.3. The summed E-state index contributed by atoms with van der Waals surface area (Å²) in [5, 5.41) is 13.9. The van der Waals surface area contributed by atoms with E-state index < -0.39 is 5.82 Å². The summed E-state index contributed by atoms with van der Waals surface area (Å²) in [4.78, 5) is 25.0. The van der Waals surface area contributed by atoms with Crippen molar-refractivity contribution in [2.45, 2.75) is 63.9 Å². The number of halogens is 1. The number of aromatic nitrogens is 5. The average Bonchev–Trinajstić information content (AvgIpc) is 3.58. The van der Waals surface area contributed by atoms with Crippen molar-refractivity contribution in [3.8, 4) is 11.5 Å². The highest BCUT2D eigenvalue weighted by Gasteiger charge is 2.36. The summed E-state index contributed by atoms with van der Waals surface area (Å²) in [7, 11) is 0. The first kappa shape index (κ1) is 23.3. The van der Waals surface area contributed by atoms with Crippen LogP contribution in [0, 0.1) is 5.82 Å². The molecule has 2 saturated heterocycles. The molecular weight excluding hydrogens is 467 g/mol. The van der Waals surface area contributed by atoms with Gasteiger partial charge in [0.05, 0.1) is 22.7 Å². The summed E-state index contributed by atoms with van der Waals surface area (Å²) in [6.07, 6.45) is 4.04. The number of hydrogen-bond donors (Lipinski definition) is 1. The van der Waals surface area contributed by atoms with E-state index in [0.29, 0.717) is 54.1 Å². The van der Waals surface area contributed by atoms with Gasteiger partial charge in [0, 0.05) is 26.2 Å². The van der Waals surface area contributed by atoms with Gasteiger partial charge < -0.3 is 23.8 Å². The molecule has 10 nitrogen and oxygen atoms in total. The summed E-state index contributed by atoms with van der Waals surface area (Å²) < 4.78 is 29.0. The van der Waals surface area contributed by atoms with E-state index in [9.17, 15) is 14.3 Å². The van der Waals surface area contributed by atoms with E-state index in [2.05, 4.69) is 20.0 Å². The summed E-state index contributed by atoms with van der Waals surface area (Å²) in [5.41, 5.74) is 1.21. The van der Waals surface area contributed by atoms with E-state index in [0.717, 1.165) is 25.9 Å². The van der Waals surface area contributed by atoms with Crippen molar-refractivity contribution >= 4 is 16.6 Å². The molecule has 0 aliphatic carbocycles. The fourth-order valence-corrected chi connectivity index (χ4v) is 5.28. The molecule has 0 amide bonds. The molecule has 36 heavy (non-hydrogen) atoms. The Morgan fingerprint density at radius 2 is 1.97 bits per heavy atom. The Labute approximate surface area is 206 Å². The molecule has 1 N–H and O–H groups in total. The Morgan fingerprint density at radius 3 is 2.72 bits per heavy atom. The quantitative estimate of drug-likeness (QED) is 0.449. The maximum Gasteiger partial charge on any atom is 0.277 e. The molecular formula is C25H29FN6O4. The second-order valence-corrected chi connectivity index (χ2v) is 10.3. The second-order valence-electron chi connectivity index (χ2n) is 10.3. The van der Waals surface area contributed by atoms with Crippen molar-refractivity contribution in [3.05, 3.63) is 46.6 Å². The van der Waals surface area contributed by atoms with E-state index in [1.807, 2.05) is 13.8 Å². The Hall–Kier alpha value is -3.15. The summed E-state index contributed by atoms with van der Waals surface area (Å²) in [5.74, 6) is 0.168. The predicted octanol–water partition coefficient (Wildman–Crippen LogP) is 2.93. The first-order valence-electron chi connectivity index (χ1n) is 12.4. The van der Waals surface area contributed by atoms with Crippen LogP contribution in [0.15, 0.2) is 33.8 Å². The van der Waals surface area contributed by atoms with Crippen molar-refractivity contribution in [3.63, 3.8) is 0 Å². The lowest BCUT2D eigenvalue weighted by molar-refractivity contribution is -0.0292. The van der Waals surface area contributed by atoms with Gasteiger partial charge in [-0.2, -0.15) is 4.98 Å². The minimum absolute atomic E-state index is 0.218. The third kappa shape index (κ3) is 4.10. The predicted molar refractivity (Wildman–Crippen MR) is 129 cm³/mol. The number of ether oxygens (including phenoxy) is 1. The molecule has 5 heterocycles. The van der Waals surface area contributed by atoms with Crippen molar-refractivity contribution in [1.29, 1.82) is 0 Å². The maximum absolute atomic E-state index is 14.2. The van der Waals surface area contributed by atoms with E-state index in [1.165, 1.54) is 18.5 Å². The minimum Gasteiger partial charge on any atom is -0.393 e. The molecule has 0 radical (unpaired) electrons. The van der Waals surface area contributed by atoms with Crippen LogP contribution < -0.4 is 5.56 Å². The molecule has 0 bridgehead atoms. The monoisotopic (exact) mass is 496 g/mol. The zero-order valence-electron chi connectivity index (χ0n) is 20.4. The Morgan fingerprint density at radius 1 is 1.17 bits per heavy atom. The largest absolute Gasteiger partial charge is 0.393 e. The lowest BCUT2D eigenvalue weighted by Crippen LogP contribution is -2.39. The molecule has 3 aromatic heterocycles. The van der Waals surface area contributed by atoms with Crippen LogP contribution in [0.5, 0.6) is 0 Å². The lowest BCUT2D eigenvalue weighted by Gasteiger charge is -2.29. The maximum atomic E-state index is 14.2. The fourth-order valence-electron chi connectivity index (χ4n) is 5.28. The normalized spacial score (nSPS) is 21.2. The molecule has 1 atom stereocenters. The summed E-state index contributed by atoms with van der Waals surface area (Å²) in [6.45, 7) is 6.55. The van der Waals surface area contributed by atoms with Gasteiger partial charge >= 0.3 is 0 Å². The standard InChI is InChI=1S/C25H29FN6O4/c1-25(2)8-5-19(35-25)23-28-22(29-36-23)20-21-24(34)31(12-11-30-9-6-16(33)7-10-30)18-13-15(26)3-4-17(18)32(21)14-27-20/h3-4,13-14,16,19,33H,5-12H2,1-2H3. The van der Waals surface area contributed by atoms with Gasteiger partial charge in [-0.15, -0.1) is 0 Å². The molecule has 0 spiro atoms. The molecule has 6 rings (SSSR count). The number of benzene rings is 1. The van der Waals surface area contributed by atoms with Gasteiger partial charge in [0.1, 0.15) is 29.5 Å². The third-order valence-electron chi connectivity index (χ3n) is 7.30. The Bertz CT molecular complexity index is 1480. The molecule has 1 unspecified atom stereocenters. The number of piperidine rings is 1. The average molecular weight is 497 g/mol. The molecule has 0 saturated carbocycles. The Kier molecular flexibility index (Phi) is 5.66. The number of aliphatic hydroxyl groups excluding tert-OH is 1. The van der Waals surface area contributed by atoms with Crippen molar-refractivity contribution in [1.82, 2.24) is 29.0 Å². The first-order valence-corrected chi connectivity index (χ1v) is 12.4. The highest BCUT2D eigenvalue weighted by atomic mass is 19.1. The van der Waals surface area contributed by atoms with Crippen LogP contribution in [0.2, 0.25) is 0 Å². The number of rotatable bonds is 5. The van der Waals surface area contributed by atoms with Crippen molar-refractivity contribution in [2.75, 3.05) is 19.6 Å². The molecule has 190 valence electrons. The molecule has 2 aliphatic rings. The van der Waals surface area contributed by atoms with E-state index in [4.69, 9.17) is 9.26 Å². The van der Waals surface area contributed by atoms with Gasteiger partial charge in [0.2, 0.25) is 5.82 Å². The smallest absolute Gasteiger partial charge is 0.277 e. The van der Waals surface area contributed by atoms with Gasteiger partial charge in [-0.1, -0.05) is 5.16 Å². The molecule has 2 aliphatic heterocycles. The van der Waals surface area contributed by atoms with E-state index in [-0.39, 0.29) is 29.2 Å². The third-order valence-corrected chi connectivity index (χ3v) is 7.30. The minimum atomic E-state index is -0.418. The number of hydrogen-bond acceptors (Lipinski definition) is 8. The van der Waals surface area contributed by atoms with Crippen LogP contribution >= 0.6 is 0 Å². The van der Waals surface area contributed by atoms with E-state index >= 15 is 0 Å². The number of imidazole rings is 1. The topological polar surface area (TPSA) is 111 Å². The number of nitrogens with zero attached hydrogens (tertiary/aromatic N) is 6. The zero-order chi connectivity index (χ0) is 25.0. The van der Waals surface area contributed by atoms with Gasteiger partial charge in [0.25, 0.3) is 11.4 Å².